The van der Waals surface area contributed by atoms with E-state index in [0.29, 0.717) is 38.5 Å². The van der Waals surface area contributed by atoms with Crippen LogP contribution in [0.1, 0.15) is 57.8 Å². The number of carbonyl (C=O) groups excluding carboxylic acids is 1. The van der Waals surface area contributed by atoms with Crippen molar-refractivity contribution in [1.82, 2.24) is 5.32 Å². The van der Waals surface area contributed by atoms with Crippen molar-refractivity contribution < 1.29 is 22.7 Å². The average molecular weight is 520 g/mol. The van der Waals surface area contributed by atoms with Gasteiger partial charge in [-0.25, -0.2) is 13.6 Å². The van der Waals surface area contributed by atoms with E-state index < -0.39 is 21.2 Å². The minimum Gasteiger partial charge on any atom is -0.381 e. The molecule has 0 aliphatic heterocycles. The predicted molar refractivity (Wildman–Crippen MR) is 122 cm³/mol. The zero-order valence-electron chi connectivity index (χ0n) is 17.7. The Bertz CT molecular complexity index is 728. The molecule has 0 aromatic carbocycles. The molecule has 0 bridgehead atoms. The fourth-order valence-electron chi connectivity index (χ4n) is 5.03. The van der Waals surface area contributed by atoms with Gasteiger partial charge in [-0.1, -0.05) is 6.42 Å². The SMILES string of the molecule is COC1CCC(OC2CC(Cl)C(Cl)CC2C(=O)NC2CCCC(S(N)(=O)=O)C2)C(Cl)C1. The van der Waals surface area contributed by atoms with Gasteiger partial charge in [-0.3, -0.25) is 4.79 Å². The van der Waals surface area contributed by atoms with Gasteiger partial charge in [0.25, 0.3) is 0 Å². The fraction of sp³-hybridized carbons (Fsp3) is 0.950. The Kier molecular flexibility index (Phi) is 9.20. The maximum Gasteiger partial charge on any atom is 0.226 e. The summed E-state index contributed by atoms with van der Waals surface area (Å²) in [5.74, 6) is -0.632. The minimum atomic E-state index is -3.62. The molecule has 7 nitrogen and oxygen atoms in total. The van der Waals surface area contributed by atoms with Crippen LogP contribution >= 0.6 is 34.8 Å². The van der Waals surface area contributed by atoms with E-state index in [1.807, 2.05) is 0 Å². The number of rotatable bonds is 6. The van der Waals surface area contributed by atoms with E-state index in [-0.39, 0.29) is 46.4 Å². The summed E-state index contributed by atoms with van der Waals surface area (Å²) < 4.78 is 35.2. The Morgan fingerprint density at radius 1 is 0.935 bits per heavy atom. The number of methoxy groups -OCH3 is 1. The van der Waals surface area contributed by atoms with Crippen LogP contribution in [-0.2, 0) is 24.3 Å². The highest BCUT2D eigenvalue weighted by atomic mass is 35.5. The normalized spacial score (nSPS) is 42.2. The lowest BCUT2D eigenvalue weighted by molar-refractivity contribution is -0.138. The van der Waals surface area contributed by atoms with E-state index in [2.05, 4.69) is 5.32 Å². The van der Waals surface area contributed by atoms with Gasteiger partial charge in [0.2, 0.25) is 15.9 Å². The van der Waals surface area contributed by atoms with Gasteiger partial charge < -0.3 is 14.8 Å². The van der Waals surface area contributed by atoms with E-state index >= 15 is 0 Å². The van der Waals surface area contributed by atoms with Crippen LogP contribution < -0.4 is 10.5 Å². The first-order valence-corrected chi connectivity index (χ1v) is 13.9. The van der Waals surface area contributed by atoms with Gasteiger partial charge in [-0.15, -0.1) is 34.8 Å². The first kappa shape index (κ1) is 25.8. The molecule has 180 valence electrons. The molecule has 3 saturated carbocycles. The number of alkyl halides is 3. The van der Waals surface area contributed by atoms with Crippen LogP contribution in [0.5, 0.6) is 0 Å². The molecular formula is C20H33Cl3N2O5S. The lowest BCUT2D eigenvalue weighted by atomic mass is 9.83. The van der Waals surface area contributed by atoms with Crippen LogP contribution in [0, 0.1) is 5.92 Å². The number of amides is 1. The molecule has 0 saturated heterocycles. The van der Waals surface area contributed by atoms with Gasteiger partial charge in [-0.2, -0.15) is 0 Å². The molecule has 0 spiro atoms. The molecule has 11 heteroatoms. The Balaban J connectivity index is 1.64. The van der Waals surface area contributed by atoms with Crippen LogP contribution in [-0.4, -0.2) is 67.2 Å². The second-order valence-corrected chi connectivity index (χ2v) is 12.6. The van der Waals surface area contributed by atoms with Gasteiger partial charge in [0, 0.05) is 13.2 Å². The summed E-state index contributed by atoms with van der Waals surface area (Å²) in [5.41, 5.74) is 0. The molecule has 3 N–H and O–H groups in total. The Hall–Kier alpha value is 0.170. The second kappa shape index (κ2) is 11.1. The highest BCUT2D eigenvalue weighted by Gasteiger charge is 2.43. The summed E-state index contributed by atoms with van der Waals surface area (Å²) in [6, 6.07) is -0.231. The largest absolute Gasteiger partial charge is 0.381 e. The maximum absolute atomic E-state index is 13.2. The van der Waals surface area contributed by atoms with Crippen molar-refractivity contribution in [1.29, 1.82) is 0 Å². The number of primary sulfonamides is 1. The molecule has 0 aromatic rings. The smallest absolute Gasteiger partial charge is 0.226 e. The van der Waals surface area contributed by atoms with Crippen molar-refractivity contribution >= 4 is 50.7 Å². The van der Waals surface area contributed by atoms with E-state index in [0.717, 1.165) is 19.3 Å². The van der Waals surface area contributed by atoms with E-state index in [4.69, 9.17) is 49.4 Å². The van der Waals surface area contributed by atoms with Crippen LogP contribution in [0.2, 0.25) is 0 Å². The zero-order valence-corrected chi connectivity index (χ0v) is 20.8. The third-order valence-corrected chi connectivity index (χ3v) is 9.81. The van der Waals surface area contributed by atoms with E-state index in [9.17, 15) is 13.2 Å². The standard InChI is InChI=1S/C20H33Cl3N2O5S/c1-29-12-5-6-18(17(23)8-12)30-19-10-16(22)15(21)9-14(19)20(26)25-11-3-2-4-13(7-11)31(24,27)28/h11-19H,2-10H2,1H3,(H,25,26)(H2,24,27,28). The molecule has 3 fully saturated rings. The van der Waals surface area contributed by atoms with Crippen molar-refractivity contribution in [2.45, 2.75) is 104 Å². The lowest BCUT2D eigenvalue weighted by Crippen LogP contribution is -2.52. The highest BCUT2D eigenvalue weighted by Crippen LogP contribution is 2.37. The molecule has 0 aromatic heterocycles. The summed E-state index contributed by atoms with van der Waals surface area (Å²) in [5, 5.41) is 6.91. The Morgan fingerprint density at radius 3 is 2.29 bits per heavy atom. The number of nitrogens with one attached hydrogen (secondary N) is 1. The van der Waals surface area contributed by atoms with Crippen LogP contribution in [0.3, 0.4) is 0 Å². The first-order chi connectivity index (χ1) is 14.6. The molecule has 31 heavy (non-hydrogen) atoms. The molecule has 0 heterocycles. The zero-order chi connectivity index (χ0) is 22.8. The molecule has 3 rings (SSSR count). The average Bonchev–Trinajstić information content (AvgIpc) is 2.71. The number of hydrogen-bond donors (Lipinski definition) is 2. The summed E-state index contributed by atoms with van der Waals surface area (Å²) in [6.45, 7) is 0. The molecule has 9 unspecified atom stereocenters. The van der Waals surface area contributed by atoms with Gasteiger partial charge in [-0.05, 0) is 51.4 Å². The molecule has 9 atom stereocenters. The van der Waals surface area contributed by atoms with Gasteiger partial charge in [0.1, 0.15) is 0 Å². The second-order valence-electron chi connectivity index (χ2n) is 9.09. The number of ether oxygens (including phenoxy) is 2. The van der Waals surface area contributed by atoms with Gasteiger partial charge in [0.15, 0.2) is 0 Å². The quantitative estimate of drug-likeness (QED) is 0.525. The van der Waals surface area contributed by atoms with Crippen molar-refractivity contribution in [2.75, 3.05) is 7.11 Å². The Labute approximate surface area is 200 Å². The van der Waals surface area contributed by atoms with Crippen molar-refractivity contribution in [3.05, 3.63) is 0 Å². The molecule has 0 radical (unpaired) electrons. The predicted octanol–water partition coefficient (Wildman–Crippen LogP) is 2.89. The summed E-state index contributed by atoms with van der Waals surface area (Å²) >= 11 is 19.4. The van der Waals surface area contributed by atoms with Gasteiger partial charge in [0.05, 0.1) is 45.6 Å². The van der Waals surface area contributed by atoms with Crippen LogP contribution in [0.15, 0.2) is 0 Å². The minimum absolute atomic E-state index is 0.124. The third-order valence-electron chi connectivity index (χ3n) is 6.90. The molecular weight excluding hydrogens is 487 g/mol. The van der Waals surface area contributed by atoms with Gasteiger partial charge >= 0.3 is 0 Å². The van der Waals surface area contributed by atoms with Crippen LogP contribution in [0.4, 0.5) is 0 Å². The van der Waals surface area contributed by atoms with Crippen molar-refractivity contribution in [3.8, 4) is 0 Å². The number of hydrogen-bond acceptors (Lipinski definition) is 5. The maximum atomic E-state index is 13.2. The van der Waals surface area contributed by atoms with Crippen LogP contribution in [0.25, 0.3) is 0 Å². The number of nitrogens with two attached hydrogens (primary N) is 1. The molecule has 3 aliphatic carbocycles. The van der Waals surface area contributed by atoms with Crippen molar-refractivity contribution in [3.63, 3.8) is 0 Å². The lowest BCUT2D eigenvalue weighted by Gasteiger charge is -2.41. The molecule has 3 aliphatic rings. The molecule has 1 amide bonds. The first-order valence-electron chi connectivity index (χ1n) is 11.0. The third kappa shape index (κ3) is 6.84. The fourth-order valence-corrected chi connectivity index (χ4v) is 6.98. The van der Waals surface area contributed by atoms with E-state index in [1.54, 1.807) is 7.11 Å². The van der Waals surface area contributed by atoms with Crippen molar-refractivity contribution in [2.24, 2.45) is 11.1 Å². The summed E-state index contributed by atoms with van der Waals surface area (Å²) in [6.07, 6.45) is 5.02. The topological polar surface area (TPSA) is 108 Å². The summed E-state index contributed by atoms with van der Waals surface area (Å²) in [4.78, 5) is 13.2. The Morgan fingerprint density at radius 2 is 1.65 bits per heavy atom. The van der Waals surface area contributed by atoms with E-state index in [1.165, 1.54) is 0 Å². The number of sulfonamides is 1. The number of halogens is 3. The number of carbonyl (C=O) groups is 1. The summed E-state index contributed by atoms with van der Waals surface area (Å²) in [7, 11) is -1.94. The highest BCUT2D eigenvalue weighted by molar-refractivity contribution is 7.89. The monoisotopic (exact) mass is 518 g/mol.